The topological polar surface area (TPSA) is 17.8 Å². The molecule has 1 atom stereocenters. The molecule has 1 unspecified atom stereocenters. The smallest absolute Gasteiger partial charge is 0.0954 e. The maximum absolute atomic E-state index is 4.26. The van der Waals surface area contributed by atoms with Gasteiger partial charge in [-0.1, -0.05) is 31.2 Å². The summed E-state index contributed by atoms with van der Waals surface area (Å²) in [5.41, 5.74) is 3.78. The number of hydrogen-bond donors (Lipinski definition) is 0. The molecule has 1 heterocycles. The summed E-state index contributed by atoms with van der Waals surface area (Å²) in [6, 6.07) is 9.18. The molecule has 0 aliphatic rings. The van der Waals surface area contributed by atoms with Crippen LogP contribution in [0.15, 0.2) is 36.8 Å². The number of rotatable bonds is 3. The number of benzene rings is 1. The average molecular weight is 214 g/mol. The summed E-state index contributed by atoms with van der Waals surface area (Å²) in [7, 11) is 0. The second-order valence-electron chi connectivity index (χ2n) is 4.23. The third-order valence-electron chi connectivity index (χ3n) is 3.05. The van der Waals surface area contributed by atoms with Crippen LogP contribution in [0.1, 0.15) is 36.7 Å². The average Bonchev–Trinajstić information content (AvgIpc) is 2.75. The predicted molar refractivity (Wildman–Crippen MR) is 66.6 cm³/mol. The molecule has 84 valence electrons. The van der Waals surface area contributed by atoms with Crippen LogP contribution >= 0.6 is 0 Å². The Labute approximate surface area is 97.0 Å². The number of nitrogens with zero attached hydrogens (tertiary/aromatic N) is 2. The van der Waals surface area contributed by atoms with Gasteiger partial charge in [0.05, 0.1) is 18.1 Å². The van der Waals surface area contributed by atoms with Crippen molar-refractivity contribution in [3.05, 3.63) is 53.6 Å². The van der Waals surface area contributed by atoms with Gasteiger partial charge in [0.25, 0.3) is 0 Å². The third kappa shape index (κ3) is 2.16. The summed E-state index contributed by atoms with van der Waals surface area (Å²) in [6.07, 6.45) is 5.07. The highest BCUT2D eigenvalue weighted by atomic mass is 15.1. The Balaban J connectivity index is 2.23. The van der Waals surface area contributed by atoms with E-state index in [1.165, 1.54) is 11.1 Å². The molecule has 0 amide bonds. The number of hydrogen-bond acceptors (Lipinski definition) is 1. The van der Waals surface area contributed by atoms with E-state index in [4.69, 9.17) is 0 Å². The van der Waals surface area contributed by atoms with Gasteiger partial charge in [-0.2, -0.15) is 0 Å². The third-order valence-corrected chi connectivity index (χ3v) is 3.05. The van der Waals surface area contributed by atoms with Gasteiger partial charge in [0, 0.05) is 6.20 Å². The summed E-state index contributed by atoms with van der Waals surface area (Å²) in [5, 5.41) is 0. The monoisotopic (exact) mass is 214 g/mol. The van der Waals surface area contributed by atoms with Crippen LogP contribution in [0.5, 0.6) is 0 Å². The molecule has 2 rings (SSSR count). The highest BCUT2D eigenvalue weighted by molar-refractivity contribution is 5.25. The molecule has 0 saturated carbocycles. The van der Waals surface area contributed by atoms with Gasteiger partial charge in [0.1, 0.15) is 0 Å². The lowest BCUT2D eigenvalue weighted by Crippen LogP contribution is -2.04. The van der Waals surface area contributed by atoms with E-state index in [0.29, 0.717) is 6.04 Å². The molecule has 2 heteroatoms. The Morgan fingerprint density at radius 1 is 1.25 bits per heavy atom. The van der Waals surface area contributed by atoms with Gasteiger partial charge in [-0.25, -0.2) is 4.98 Å². The van der Waals surface area contributed by atoms with E-state index in [1.807, 2.05) is 13.3 Å². The van der Waals surface area contributed by atoms with E-state index in [9.17, 15) is 0 Å². The van der Waals surface area contributed by atoms with Crippen molar-refractivity contribution in [2.45, 2.75) is 33.2 Å². The number of imidazole rings is 1. The van der Waals surface area contributed by atoms with Crippen LogP contribution in [-0.4, -0.2) is 9.55 Å². The van der Waals surface area contributed by atoms with Crippen LogP contribution in [0.4, 0.5) is 0 Å². The Kier molecular flexibility index (Phi) is 3.09. The van der Waals surface area contributed by atoms with E-state index in [0.717, 1.165) is 12.1 Å². The fourth-order valence-corrected chi connectivity index (χ4v) is 1.86. The summed E-state index contributed by atoms with van der Waals surface area (Å²) < 4.78 is 2.15. The van der Waals surface area contributed by atoms with Crippen LogP contribution in [0, 0.1) is 6.92 Å². The Hall–Kier alpha value is -1.57. The van der Waals surface area contributed by atoms with E-state index in [2.05, 4.69) is 53.9 Å². The SMILES string of the molecule is CCc1ccc(C(C)n2cnc(C)c2)cc1. The molecule has 2 nitrogen and oxygen atoms in total. The first-order chi connectivity index (χ1) is 7.70. The fourth-order valence-electron chi connectivity index (χ4n) is 1.86. The van der Waals surface area contributed by atoms with Gasteiger partial charge in [0.15, 0.2) is 0 Å². The lowest BCUT2D eigenvalue weighted by atomic mass is 10.1. The van der Waals surface area contributed by atoms with Crippen molar-refractivity contribution in [1.82, 2.24) is 9.55 Å². The largest absolute Gasteiger partial charge is 0.330 e. The van der Waals surface area contributed by atoms with Crippen LogP contribution < -0.4 is 0 Å². The zero-order valence-corrected chi connectivity index (χ0v) is 10.1. The molecule has 0 fully saturated rings. The Morgan fingerprint density at radius 2 is 1.94 bits per heavy atom. The van der Waals surface area contributed by atoms with Crippen molar-refractivity contribution in [2.75, 3.05) is 0 Å². The van der Waals surface area contributed by atoms with Crippen LogP contribution in [-0.2, 0) is 6.42 Å². The van der Waals surface area contributed by atoms with Crippen molar-refractivity contribution in [1.29, 1.82) is 0 Å². The normalized spacial score (nSPS) is 12.7. The minimum atomic E-state index is 0.354. The summed E-state index contributed by atoms with van der Waals surface area (Å²) >= 11 is 0. The summed E-state index contributed by atoms with van der Waals surface area (Å²) in [5.74, 6) is 0. The van der Waals surface area contributed by atoms with E-state index in [-0.39, 0.29) is 0 Å². The molecule has 0 spiro atoms. The van der Waals surface area contributed by atoms with Crippen molar-refractivity contribution in [3.8, 4) is 0 Å². The van der Waals surface area contributed by atoms with Gasteiger partial charge in [0.2, 0.25) is 0 Å². The van der Waals surface area contributed by atoms with Gasteiger partial charge in [-0.3, -0.25) is 0 Å². The zero-order valence-electron chi connectivity index (χ0n) is 10.1. The van der Waals surface area contributed by atoms with E-state index < -0.39 is 0 Å². The van der Waals surface area contributed by atoms with Gasteiger partial charge in [-0.05, 0) is 31.4 Å². The molecule has 2 aromatic rings. The zero-order chi connectivity index (χ0) is 11.5. The number of aryl methyl sites for hydroxylation is 2. The highest BCUT2D eigenvalue weighted by Gasteiger charge is 2.07. The molecule has 16 heavy (non-hydrogen) atoms. The Morgan fingerprint density at radius 3 is 2.44 bits per heavy atom. The number of aromatic nitrogens is 2. The minimum absolute atomic E-state index is 0.354. The van der Waals surface area contributed by atoms with Crippen molar-refractivity contribution in [3.63, 3.8) is 0 Å². The quantitative estimate of drug-likeness (QED) is 0.766. The standard InChI is InChI=1S/C14H18N2/c1-4-13-5-7-14(8-6-13)12(3)16-9-11(2)15-10-16/h5-10,12H,4H2,1-3H3. The fraction of sp³-hybridized carbons (Fsp3) is 0.357. The predicted octanol–water partition coefficient (Wildman–Crippen LogP) is 3.36. The molecule has 0 aliphatic carbocycles. The molecule has 0 bridgehead atoms. The minimum Gasteiger partial charge on any atom is -0.330 e. The second-order valence-corrected chi connectivity index (χ2v) is 4.23. The van der Waals surface area contributed by atoms with E-state index >= 15 is 0 Å². The van der Waals surface area contributed by atoms with Crippen molar-refractivity contribution < 1.29 is 0 Å². The van der Waals surface area contributed by atoms with Crippen molar-refractivity contribution >= 4 is 0 Å². The highest BCUT2D eigenvalue weighted by Crippen LogP contribution is 2.18. The second kappa shape index (κ2) is 4.52. The molecule has 0 aliphatic heterocycles. The molecule has 0 N–H and O–H groups in total. The molecular weight excluding hydrogens is 196 g/mol. The first kappa shape index (κ1) is 10.9. The first-order valence-electron chi connectivity index (χ1n) is 5.79. The lowest BCUT2D eigenvalue weighted by molar-refractivity contribution is 0.638. The van der Waals surface area contributed by atoms with Crippen LogP contribution in [0.3, 0.4) is 0 Å². The maximum atomic E-state index is 4.26. The summed E-state index contributed by atoms with van der Waals surface area (Å²) in [4.78, 5) is 4.26. The van der Waals surface area contributed by atoms with Crippen LogP contribution in [0.25, 0.3) is 0 Å². The maximum Gasteiger partial charge on any atom is 0.0954 e. The summed E-state index contributed by atoms with van der Waals surface area (Å²) in [6.45, 7) is 6.39. The van der Waals surface area contributed by atoms with Gasteiger partial charge >= 0.3 is 0 Å². The molecule has 1 aromatic carbocycles. The molecular formula is C14H18N2. The van der Waals surface area contributed by atoms with Gasteiger partial charge < -0.3 is 4.57 Å². The Bertz CT molecular complexity index is 454. The molecule has 0 saturated heterocycles. The molecule has 1 aromatic heterocycles. The first-order valence-corrected chi connectivity index (χ1v) is 5.79. The van der Waals surface area contributed by atoms with E-state index in [1.54, 1.807) is 0 Å². The van der Waals surface area contributed by atoms with Crippen LogP contribution in [0.2, 0.25) is 0 Å². The molecule has 0 radical (unpaired) electrons. The van der Waals surface area contributed by atoms with Crippen molar-refractivity contribution in [2.24, 2.45) is 0 Å². The van der Waals surface area contributed by atoms with Gasteiger partial charge in [-0.15, -0.1) is 0 Å². The lowest BCUT2D eigenvalue weighted by Gasteiger charge is -2.13.